The zero-order valence-corrected chi connectivity index (χ0v) is 19.7. The van der Waals surface area contributed by atoms with E-state index in [0.29, 0.717) is 28.8 Å². The average molecular weight is 530 g/mol. The number of halogens is 8. The van der Waals surface area contributed by atoms with Gasteiger partial charge in [0, 0.05) is 11.1 Å². The van der Waals surface area contributed by atoms with Gasteiger partial charge in [0.05, 0.1) is 0 Å². The van der Waals surface area contributed by atoms with Gasteiger partial charge in [-0.1, -0.05) is 66.7 Å². The first-order valence-corrected chi connectivity index (χ1v) is 11.2. The van der Waals surface area contributed by atoms with E-state index in [4.69, 9.17) is 0 Å². The molecule has 0 aliphatic carbocycles. The van der Waals surface area contributed by atoms with Crippen LogP contribution >= 0.6 is 0 Å². The van der Waals surface area contributed by atoms with Crippen LogP contribution in [0.15, 0.2) is 96.8 Å². The highest BCUT2D eigenvalue weighted by molar-refractivity contribution is 5.75. The molecule has 4 aromatic carbocycles. The quantitative estimate of drug-likeness (QED) is 0.178. The van der Waals surface area contributed by atoms with Crippen molar-refractivity contribution in [3.63, 3.8) is 0 Å². The molecule has 0 aliphatic rings. The van der Waals surface area contributed by atoms with Crippen molar-refractivity contribution < 1.29 is 35.1 Å². The van der Waals surface area contributed by atoms with Gasteiger partial charge in [-0.25, -0.2) is 22.0 Å². The lowest BCUT2D eigenvalue weighted by Crippen LogP contribution is -2.11. The number of hydrogen-bond donors (Lipinski definition) is 0. The van der Waals surface area contributed by atoms with E-state index in [1.807, 2.05) is 0 Å². The number of alkyl halides is 3. The lowest BCUT2D eigenvalue weighted by Gasteiger charge is -2.12. The summed E-state index contributed by atoms with van der Waals surface area (Å²) < 4.78 is 109. The van der Waals surface area contributed by atoms with Crippen molar-refractivity contribution in [1.29, 1.82) is 0 Å². The molecule has 0 nitrogen and oxygen atoms in total. The van der Waals surface area contributed by atoms with E-state index in [0.717, 1.165) is 6.08 Å². The Morgan fingerprint density at radius 3 is 1.61 bits per heavy atom. The smallest absolute Gasteiger partial charge is 0.206 e. The molecule has 38 heavy (non-hydrogen) atoms. The summed E-state index contributed by atoms with van der Waals surface area (Å²) >= 11 is 0. The van der Waals surface area contributed by atoms with Crippen molar-refractivity contribution in [2.75, 3.05) is 0 Å². The number of hydrogen-bond acceptors (Lipinski definition) is 0. The van der Waals surface area contributed by atoms with Gasteiger partial charge in [0.1, 0.15) is 23.0 Å². The van der Waals surface area contributed by atoms with Crippen LogP contribution in [0.25, 0.3) is 39.2 Å². The van der Waals surface area contributed by atoms with Crippen molar-refractivity contribution >= 4 is 5.83 Å². The minimum Gasteiger partial charge on any atom is -0.206 e. The van der Waals surface area contributed by atoms with E-state index >= 15 is 0 Å². The molecule has 0 bridgehead atoms. The van der Waals surface area contributed by atoms with Gasteiger partial charge < -0.3 is 0 Å². The van der Waals surface area contributed by atoms with Gasteiger partial charge in [-0.15, -0.1) is 0 Å². The number of rotatable bonds is 5. The molecule has 0 saturated carbocycles. The fraction of sp³-hybridized carbons (Fsp3) is 0.0667. The van der Waals surface area contributed by atoms with Crippen LogP contribution in [0.4, 0.5) is 35.1 Å². The van der Waals surface area contributed by atoms with Crippen LogP contribution in [0.1, 0.15) is 18.1 Å². The van der Waals surface area contributed by atoms with Gasteiger partial charge in [0.25, 0.3) is 0 Å². The normalized spacial score (nSPS) is 12.7. The minimum atomic E-state index is -5.17. The Morgan fingerprint density at radius 2 is 1.08 bits per heavy atom. The molecule has 0 atom stereocenters. The van der Waals surface area contributed by atoms with E-state index in [-0.39, 0.29) is 22.3 Å². The Labute approximate surface area is 213 Å². The molecule has 0 unspecified atom stereocenters. The van der Waals surface area contributed by atoms with Crippen molar-refractivity contribution in [2.45, 2.75) is 13.1 Å². The summed E-state index contributed by atoms with van der Waals surface area (Å²) in [5.74, 6) is -6.06. The second kappa shape index (κ2) is 10.7. The fourth-order valence-corrected chi connectivity index (χ4v) is 3.95. The van der Waals surface area contributed by atoms with Crippen LogP contribution in [-0.2, 0) is 6.18 Å². The molecular formula is C30H18F8. The van der Waals surface area contributed by atoms with Gasteiger partial charge in [-0.3, -0.25) is 0 Å². The van der Waals surface area contributed by atoms with Crippen molar-refractivity contribution in [2.24, 2.45) is 0 Å². The summed E-state index contributed by atoms with van der Waals surface area (Å²) in [5.41, 5.74) is -0.0907. The lowest BCUT2D eigenvalue weighted by atomic mass is 9.96. The van der Waals surface area contributed by atoms with Crippen LogP contribution in [-0.4, -0.2) is 0 Å². The molecule has 0 aliphatic heterocycles. The molecule has 4 aromatic rings. The van der Waals surface area contributed by atoms with Crippen LogP contribution in [0.3, 0.4) is 0 Å². The zero-order chi connectivity index (χ0) is 27.6. The molecule has 0 saturated heterocycles. The lowest BCUT2D eigenvalue weighted by molar-refractivity contribution is -0.142. The molecular weight excluding hydrogens is 512 g/mol. The Morgan fingerprint density at radius 1 is 0.605 bits per heavy atom. The Kier molecular flexibility index (Phi) is 7.53. The van der Waals surface area contributed by atoms with Gasteiger partial charge in [-0.05, 0) is 59.0 Å². The second-order valence-corrected chi connectivity index (χ2v) is 8.32. The first kappa shape index (κ1) is 26.9. The molecule has 0 aromatic heterocycles. The third-order valence-electron chi connectivity index (χ3n) is 5.82. The molecule has 4 rings (SSSR count). The van der Waals surface area contributed by atoms with Crippen LogP contribution in [0.2, 0.25) is 0 Å². The summed E-state index contributed by atoms with van der Waals surface area (Å²) in [6.07, 6.45) is -2.79. The molecule has 194 valence electrons. The largest absolute Gasteiger partial charge is 0.422 e. The van der Waals surface area contributed by atoms with Crippen LogP contribution in [0.5, 0.6) is 0 Å². The SMILES string of the molecule is CC=CC(F)=C(F)c1ccc(-c2ccc(-c3ccc(-c4cc(F)c(C(F)(F)F)c(F)c4)cc3)c(F)c2)cc1. The van der Waals surface area contributed by atoms with Gasteiger partial charge in [0.15, 0.2) is 11.7 Å². The molecule has 0 N–H and O–H groups in total. The van der Waals surface area contributed by atoms with E-state index in [1.165, 1.54) is 66.7 Å². The predicted octanol–water partition coefficient (Wildman–Crippen LogP) is 10.3. The standard InChI is InChI=1S/C30H18F8/c1-2-3-24(31)29(35)20-10-6-17(7-11-20)21-12-13-23(25(32)14-21)19-8-4-18(5-9-19)22-15-26(33)28(27(34)16-22)30(36,37)38/h2-16H,1H3. The third kappa shape index (κ3) is 5.54. The summed E-state index contributed by atoms with van der Waals surface area (Å²) in [4.78, 5) is 0. The molecule has 0 radical (unpaired) electrons. The molecule has 0 heterocycles. The predicted molar refractivity (Wildman–Crippen MR) is 132 cm³/mol. The average Bonchev–Trinajstić information content (AvgIpc) is 2.87. The molecule has 0 amide bonds. The van der Waals surface area contributed by atoms with Crippen molar-refractivity contribution in [1.82, 2.24) is 0 Å². The topological polar surface area (TPSA) is 0 Å². The van der Waals surface area contributed by atoms with Crippen molar-refractivity contribution in [3.8, 4) is 33.4 Å². The van der Waals surface area contributed by atoms with Gasteiger partial charge in [-0.2, -0.15) is 13.2 Å². The summed E-state index contributed by atoms with van der Waals surface area (Å²) in [6, 6.07) is 17.2. The Bertz CT molecular complexity index is 1500. The number of benzene rings is 4. The third-order valence-corrected chi connectivity index (χ3v) is 5.82. The maximum atomic E-state index is 15.0. The first-order chi connectivity index (χ1) is 18.0. The summed E-state index contributed by atoms with van der Waals surface area (Å²) in [5, 5.41) is 0. The van der Waals surface area contributed by atoms with Crippen LogP contribution < -0.4 is 0 Å². The fourth-order valence-electron chi connectivity index (χ4n) is 3.95. The van der Waals surface area contributed by atoms with Crippen LogP contribution in [0, 0.1) is 17.5 Å². The van der Waals surface area contributed by atoms with Gasteiger partial charge >= 0.3 is 6.18 Å². The maximum absolute atomic E-state index is 15.0. The zero-order valence-electron chi connectivity index (χ0n) is 19.7. The minimum absolute atomic E-state index is 0.0364. The van der Waals surface area contributed by atoms with E-state index in [2.05, 4.69) is 0 Å². The highest BCUT2D eigenvalue weighted by Crippen LogP contribution is 2.37. The van der Waals surface area contributed by atoms with Gasteiger partial charge in [0.2, 0.25) is 0 Å². The summed E-state index contributed by atoms with van der Waals surface area (Å²) in [6.45, 7) is 1.56. The molecule has 0 spiro atoms. The highest BCUT2D eigenvalue weighted by Gasteiger charge is 2.38. The van der Waals surface area contributed by atoms with E-state index in [9.17, 15) is 35.1 Å². The monoisotopic (exact) mass is 530 g/mol. The maximum Gasteiger partial charge on any atom is 0.422 e. The Balaban J connectivity index is 1.58. The summed E-state index contributed by atoms with van der Waals surface area (Å²) in [7, 11) is 0. The second-order valence-electron chi connectivity index (χ2n) is 8.32. The first-order valence-electron chi connectivity index (χ1n) is 11.2. The molecule has 8 heteroatoms. The van der Waals surface area contributed by atoms with E-state index in [1.54, 1.807) is 13.0 Å². The number of allylic oxidation sites excluding steroid dienone is 3. The Hall–Kier alpha value is -4.20. The van der Waals surface area contributed by atoms with E-state index < -0.39 is 40.8 Å². The highest BCUT2D eigenvalue weighted by atomic mass is 19.4. The van der Waals surface area contributed by atoms with Crippen molar-refractivity contribution in [3.05, 3.63) is 125 Å². The molecule has 0 fully saturated rings.